The third-order valence-electron chi connectivity index (χ3n) is 6.08. The number of aliphatic hydroxyl groups is 1. The van der Waals surface area contributed by atoms with E-state index in [1.165, 1.54) is 6.42 Å². The Kier molecular flexibility index (Phi) is 2.98. The maximum absolute atomic E-state index is 12.0. The quantitative estimate of drug-likeness (QED) is 0.831. The first-order chi connectivity index (χ1) is 13.3. The molecule has 2 fully saturated rings. The van der Waals surface area contributed by atoms with Gasteiger partial charge < -0.3 is 10.0 Å². The van der Waals surface area contributed by atoms with Crippen molar-refractivity contribution in [2.75, 3.05) is 19.6 Å². The van der Waals surface area contributed by atoms with Gasteiger partial charge in [0.25, 0.3) is 0 Å². The van der Waals surface area contributed by atoms with E-state index in [2.05, 4.69) is 17.1 Å². The molecule has 1 saturated carbocycles. The molecule has 0 unspecified atom stereocenters. The molecule has 2 aliphatic carbocycles. The number of hydrogen-bond acceptors (Lipinski definition) is 2. The molecule has 2 bridgehead atoms. The lowest BCUT2D eigenvalue weighted by Gasteiger charge is -2.40. The first-order valence-electron chi connectivity index (χ1n) is 11.5. The molecule has 2 heteroatoms. The summed E-state index contributed by atoms with van der Waals surface area (Å²) in [6.45, 7) is 2.71. The monoisotopic (exact) mass is 316 g/mol. The molecule has 1 aromatic rings. The van der Waals surface area contributed by atoms with E-state index in [1.54, 1.807) is 0 Å². The van der Waals surface area contributed by atoms with E-state index in [0.29, 0.717) is 18.9 Å². The normalized spacial score (nSPS) is 36.0. The van der Waals surface area contributed by atoms with Crippen LogP contribution < -0.4 is 0 Å². The van der Waals surface area contributed by atoms with Crippen LogP contribution in [0.25, 0.3) is 0 Å². The highest BCUT2D eigenvalue weighted by molar-refractivity contribution is 5.27. The minimum Gasteiger partial charge on any atom is -0.385 e. The largest absolute Gasteiger partial charge is 0.385 e. The van der Waals surface area contributed by atoms with Gasteiger partial charge in [-0.2, -0.15) is 0 Å². The summed E-state index contributed by atoms with van der Waals surface area (Å²) >= 11 is 0. The molecule has 2 nitrogen and oxygen atoms in total. The molecule has 0 amide bonds. The minimum atomic E-state index is -1.41. The number of hydrogen-bond donors (Lipinski definition) is 1. The number of benzene rings is 1. The van der Waals surface area contributed by atoms with Gasteiger partial charge in [-0.1, -0.05) is 48.8 Å². The molecule has 1 saturated heterocycles. The summed E-state index contributed by atoms with van der Waals surface area (Å²) < 4.78 is 40.9. The molecule has 124 valence electrons. The fourth-order valence-corrected chi connectivity index (χ4v) is 4.80. The predicted octanol–water partition coefficient (Wildman–Crippen LogP) is 3.96. The van der Waals surface area contributed by atoms with Crippen molar-refractivity contribution in [2.45, 2.75) is 44.1 Å². The molecule has 23 heavy (non-hydrogen) atoms. The van der Waals surface area contributed by atoms with Crippen LogP contribution in [0.1, 0.15) is 50.9 Å². The van der Waals surface area contributed by atoms with Crippen LogP contribution in [0.4, 0.5) is 0 Å². The van der Waals surface area contributed by atoms with Crippen molar-refractivity contribution in [3.05, 3.63) is 47.9 Å². The van der Waals surface area contributed by atoms with E-state index in [9.17, 15) is 5.11 Å². The lowest BCUT2D eigenvalue weighted by atomic mass is 9.72. The maximum Gasteiger partial charge on any atom is 0.0942 e. The summed E-state index contributed by atoms with van der Waals surface area (Å²) in [5, 5.41) is 12.0. The Morgan fingerprint density at radius 3 is 2.52 bits per heavy atom. The SMILES string of the molecule is [2H]c1c([2H])c([2H])c([C@@](O)(CCN2CCCCC2)[C@@H]2C[C@H]3C=C[C@@H]2C3)c([2H])c1[2H]. The second-order valence-corrected chi connectivity index (χ2v) is 7.46. The highest BCUT2D eigenvalue weighted by Gasteiger charge is 2.48. The van der Waals surface area contributed by atoms with Crippen molar-refractivity contribution < 1.29 is 12.0 Å². The third-order valence-corrected chi connectivity index (χ3v) is 6.08. The number of allylic oxidation sites excluding steroid dienone is 2. The first-order valence-corrected chi connectivity index (χ1v) is 9.03. The van der Waals surface area contributed by atoms with E-state index in [4.69, 9.17) is 6.85 Å². The smallest absolute Gasteiger partial charge is 0.0942 e. The second-order valence-electron chi connectivity index (χ2n) is 7.46. The van der Waals surface area contributed by atoms with Gasteiger partial charge in [0.15, 0.2) is 0 Å². The lowest BCUT2D eigenvalue weighted by molar-refractivity contribution is -0.0495. The zero-order chi connectivity index (χ0) is 20.1. The van der Waals surface area contributed by atoms with Gasteiger partial charge in [0.2, 0.25) is 0 Å². The van der Waals surface area contributed by atoms with Crippen molar-refractivity contribution in [1.29, 1.82) is 0 Å². The molecule has 1 aliphatic heterocycles. The first kappa shape index (κ1) is 10.7. The summed E-state index contributed by atoms with van der Waals surface area (Å²) in [6.07, 6.45) is 10.1. The minimum absolute atomic E-state index is 0.0986. The van der Waals surface area contributed by atoms with Crippen molar-refractivity contribution >= 4 is 0 Å². The van der Waals surface area contributed by atoms with Gasteiger partial charge in [-0.15, -0.1) is 0 Å². The van der Waals surface area contributed by atoms with Crippen LogP contribution in [-0.2, 0) is 5.60 Å². The van der Waals surface area contributed by atoms with E-state index < -0.39 is 11.6 Å². The van der Waals surface area contributed by atoms with Gasteiger partial charge in [-0.05, 0) is 68.5 Å². The summed E-state index contributed by atoms with van der Waals surface area (Å²) in [4.78, 5) is 2.34. The Labute approximate surface area is 147 Å². The standard InChI is InChI=1S/C21H29NO/c23-21(19-7-3-1-4-8-19,11-14-22-12-5-2-6-13-22)20-16-17-9-10-18(20)15-17/h1,3-4,7-10,17-18,20,23H,2,5-6,11-16H2/t17-,18+,20+,21-/m0/s1/i1D,3D,4D,7D,8D. The number of likely N-dealkylation sites (tertiary alicyclic amines) is 1. The third kappa shape index (κ3) is 2.99. The Hall–Kier alpha value is -1.12. The molecule has 1 aromatic carbocycles. The molecule has 0 radical (unpaired) electrons. The molecule has 1 N–H and O–H groups in total. The Morgan fingerprint density at radius 1 is 1.09 bits per heavy atom. The Balaban J connectivity index is 1.74. The van der Waals surface area contributed by atoms with Crippen molar-refractivity contribution in [1.82, 2.24) is 4.90 Å². The summed E-state index contributed by atoms with van der Waals surface area (Å²) in [5.41, 5.74) is -1.31. The van der Waals surface area contributed by atoms with Gasteiger partial charge in [-0.25, -0.2) is 0 Å². The topological polar surface area (TPSA) is 23.5 Å². The Bertz CT molecular complexity index is 762. The van der Waals surface area contributed by atoms with E-state index in [1.807, 2.05) is 0 Å². The van der Waals surface area contributed by atoms with Gasteiger partial charge >= 0.3 is 0 Å². The van der Waals surface area contributed by atoms with E-state index in [0.717, 1.165) is 38.8 Å². The average Bonchev–Trinajstić information content (AvgIpc) is 3.34. The molecular weight excluding hydrogens is 282 g/mol. The maximum atomic E-state index is 12.0. The fraction of sp³-hybridized carbons (Fsp3) is 0.619. The molecule has 1 heterocycles. The molecule has 0 spiro atoms. The van der Waals surface area contributed by atoms with Gasteiger partial charge in [0, 0.05) is 6.54 Å². The van der Waals surface area contributed by atoms with Crippen LogP contribution >= 0.6 is 0 Å². The molecule has 0 aromatic heterocycles. The summed E-state index contributed by atoms with van der Waals surface area (Å²) in [7, 11) is 0. The van der Waals surface area contributed by atoms with Crippen LogP contribution in [0.5, 0.6) is 0 Å². The highest BCUT2D eigenvalue weighted by atomic mass is 16.3. The van der Waals surface area contributed by atoms with Gasteiger partial charge in [0.1, 0.15) is 0 Å². The number of rotatable bonds is 5. The summed E-state index contributed by atoms with van der Waals surface area (Å²) in [6, 6.07) is -1.61. The van der Waals surface area contributed by atoms with Crippen LogP contribution in [0.3, 0.4) is 0 Å². The molecule has 4 rings (SSSR count). The van der Waals surface area contributed by atoms with Crippen molar-refractivity contribution in [2.24, 2.45) is 17.8 Å². The Morgan fingerprint density at radius 2 is 1.87 bits per heavy atom. The lowest BCUT2D eigenvalue weighted by Crippen LogP contribution is -2.42. The van der Waals surface area contributed by atoms with E-state index >= 15 is 0 Å². The molecule has 3 aliphatic rings. The fourth-order valence-electron chi connectivity index (χ4n) is 4.80. The second kappa shape index (κ2) is 6.41. The van der Waals surface area contributed by atoms with Gasteiger partial charge in [0.05, 0.1) is 12.5 Å². The summed E-state index contributed by atoms with van der Waals surface area (Å²) in [5.74, 6) is 0.548. The zero-order valence-corrected chi connectivity index (χ0v) is 13.6. The van der Waals surface area contributed by atoms with Crippen LogP contribution in [0, 0.1) is 17.8 Å². The predicted molar refractivity (Wildman–Crippen MR) is 94.1 cm³/mol. The van der Waals surface area contributed by atoms with Crippen molar-refractivity contribution in [3.8, 4) is 0 Å². The molecule has 4 atom stereocenters. The zero-order valence-electron chi connectivity index (χ0n) is 18.6. The van der Waals surface area contributed by atoms with Crippen LogP contribution in [-0.4, -0.2) is 29.6 Å². The molecular formula is C21H29NO. The van der Waals surface area contributed by atoms with Gasteiger partial charge in [-0.3, -0.25) is 0 Å². The highest BCUT2D eigenvalue weighted by Crippen LogP contribution is 2.52. The van der Waals surface area contributed by atoms with Crippen LogP contribution in [0.15, 0.2) is 42.4 Å². The number of nitrogens with zero attached hydrogens (tertiary/aromatic N) is 1. The van der Waals surface area contributed by atoms with Crippen molar-refractivity contribution in [3.63, 3.8) is 0 Å². The number of fused-ring (bicyclic) bond motifs is 2. The average molecular weight is 316 g/mol. The van der Waals surface area contributed by atoms with Crippen LogP contribution in [0.2, 0.25) is 0 Å². The number of piperidine rings is 1. The van der Waals surface area contributed by atoms with E-state index in [-0.39, 0.29) is 41.6 Å².